The lowest BCUT2D eigenvalue weighted by Gasteiger charge is -1.91. The van der Waals surface area contributed by atoms with Crippen molar-refractivity contribution in [2.24, 2.45) is 0 Å². The zero-order chi connectivity index (χ0) is 5.54. The van der Waals surface area contributed by atoms with Crippen LogP contribution in [0.5, 0.6) is 0 Å². The molecule has 0 radical (unpaired) electrons. The largest absolute Gasteiger partial charge is 0.382 e. The third kappa shape index (κ3) is 6.15. The van der Waals surface area contributed by atoms with Crippen LogP contribution >= 0.6 is 8.69 Å². The quantitative estimate of drug-likeness (QED) is 0.400. The Morgan fingerprint density at radius 1 is 1.57 bits per heavy atom. The summed E-state index contributed by atoms with van der Waals surface area (Å²) in [4.78, 5) is 0. The van der Waals surface area contributed by atoms with Gasteiger partial charge in [0.05, 0.1) is 13.2 Å². The minimum Gasteiger partial charge on any atom is -0.382 e. The molecule has 0 rings (SSSR count). The molecule has 3 nitrogen and oxygen atoms in total. The van der Waals surface area contributed by atoms with Gasteiger partial charge in [-0.2, -0.15) is 0 Å². The van der Waals surface area contributed by atoms with Crippen LogP contribution in [0.1, 0.15) is 0 Å². The Balaban J connectivity index is 2.56. The van der Waals surface area contributed by atoms with Crippen molar-refractivity contribution in [1.29, 1.82) is 0 Å². The minimum atomic E-state index is -1.05. The van der Waals surface area contributed by atoms with E-state index in [1.807, 2.05) is 0 Å². The molecule has 0 fully saturated rings. The molecule has 0 aromatic heterocycles. The molecule has 0 bridgehead atoms. The summed E-state index contributed by atoms with van der Waals surface area (Å²) in [6, 6.07) is 0. The molecule has 0 saturated heterocycles. The smallest absolute Gasteiger partial charge is 0.180 e. The fraction of sp³-hybridized carbons (Fsp3) is 1.00. The van der Waals surface area contributed by atoms with E-state index in [4.69, 9.17) is 0 Å². The summed E-state index contributed by atoms with van der Waals surface area (Å²) in [5.41, 5.74) is 0. The van der Waals surface area contributed by atoms with Gasteiger partial charge in [0.15, 0.2) is 8.69 Å². The molecular formula is C3H9O3P. The van der Waals surface area contributed by atoms with Gasteiger partial charge in [-0.15, -0.1) is 0 Å². The van der Waals surface area contributed by atoms with Gasteiger partial charge >= 0.3 is 0 Å². The summed E-state index contributed by atoms with van der Waals surface area (Å²) in [5, 5.41) is 0. The molecule has 0 aromatic carbocycles. The molecule has 0 amide bonds. The van der Waals surface area contributed by atoms with E-state index in [2.05, 4.69) is 9.26 Å². The summed E-state index contributed by atoms with van der Waals surface area (Å²) < 4.78 is 18.7. The van der Waals surface area contributed by atoms with Gasteiger partial charge in [0.2, 0.25) is 0 Å². The summed E-state index contributed by atoms with van der Waals surface area (Å²) >= 11 is 0. The Bertz CT molecular complexity index is 47.4. The average molecular weight is 124 g/mol. The maximum atomic E-state index is 9.61. The first-order valence-corrected chi connectivity index (χ1v) is 2.90. The van der Waals surface area contributed by atoms with Crippen LogP contribution in [0.25, 0.3) is 0 Å². The van der Waals surface area contributed by atoms with Crippen LogP contribution in [-0.2, 0) is 13.8 Å². The van der Waals surface area contributed by atoms with E-state index in [0.717, 1.165) is 0 Å². The Kier molecular flexibility index (Phi) is 6.28. The lowest BCUT2D eigenvalue weighted by atomic mass is 10.8. The molecule has 0 aliphatic carbocycles. The highest BCUT2D eigenvalue weighted by Gasteiger charge is 1.77. The number of hydrogen-bond donors (Lipinski definition) is 0. The second kappa shape index (κ2) is 6.15. The Hall–Kier alpha value is 0.150. The summed E-state index contributed by atoms with van der Waals surface area (Å²) in [6.45, 7) is 0.963. The molecule has 0 aromatic rings. The molecule has 0 heterocycles. The van der Waals surface area contributed by atoms with Gasteiger partial charge in [-0.1, -0.05) is 0 Å². The normalized spacial score (nSPS) is 11.0. The van der Waals surface area contributed by atoms with Crippen LogP contribution in [0.3, 0.4) is 0 Å². The van der Waals surface area contributed by atoms with Gasteiger partial charge in [0, 0.05) is 7.11 Å². The molecule has 0 aliphatic rings. The second-order valence-electron chi connectivity index (χ2n) is 0.960. The molecule has 0 N–H and O–H groups in total. The number of hydrogen-bond acceptors (Lipinski definition) is 3. The topological polar surface area (TPSA) is 35.5 Å². The predicted molar refractivity (Wildman–Crippen MR) is 28.2 cm³/mol. The first-order chi connectivity index (χ1) is 3.41. The highest BCUT2D eigenvalue weighted by Crippen LogP contribution is 1.90. The van der Waals surface area contributed by atoms with Crippen molar-refractivity contribution in [3.8, 4) is 0 Å². The van der Waals surface area contributed by atoms with Crippen molar-refractivity contribution in [1.82, 2.24) is 0 Å². The monoisotopic (exact) mass is 124 g/mol. The Labute approximate surface area is 43.9 Å². The van der Waals surface area contributed by atoms with Crippen LogP contribution in [0.4, 0.5) is 0 Å². The number of rotatable bonds is 4. The highest BCUT2D eigenvalue weighted by molar-refractivity contribution is 7.17. The molecule has 1 atom stereocenters. The second-order valence-corrected chi connectivity index (χ2v) is 1.49. The molecule has 1 unspecified atom stereocenters. The van der Waals surface area contributed by atoms with Gasteiger partial charge in [-0.3, -0.25) is 4.57 Å². The van der Waals surface area contributed by atoms with Gasteiger partial charge < -0.3 is 9.26 Å². The van der Waals surface area contributed by atoms with Crippen molar-refractivity contribution in [2.75, 3.05) is 20.3 Å². The van der Waals surface area contributed by atoms with Crippen LogP contribution in [0.15, 0.2) is 0 Å². The molecule has 44 valence electrons. The van der Waals surface area contributed by atoms with E-state index >= 15 is 0 Å². The van der Waals surface area contributed by atoms with Crippen LogP contribution in [-0.4, -0.2) is 20.3 Å². The lowest BCUT2D eigenvalue weighted by molar-refractivity contribution is 0.153. The number of ether oxygens (including phenoxy) is 1. The minimum absolute atomic E-state index is 0.440. The van der Waals surface area contributed by atoms with E-state index in [-0.39, 0.29) is 0 Å². The SMILES string of the molecule is COCCO[PH2]=O. The first kappa shape index (κ1) is 7.15. The molecule has 4 heteroatoms. The molecular weight excluding hydrogens is 115 g/mol. The van der Waals surface area contributed by atoms with Crippen LogP contribution in [0, 0.1) is 0 Å². The maximum Gasteiger partial charge on any atom is 0.180 e. The van der Waals surface area contributed by atoms with Crippen molar-refractivity contribution in [3.05, 3.63) is 0 Å². The zero-order valence-electron chi connectivity index (χ0n) is 4.22. The zero-order valence-corrected chi connectivity index (χ0v) is 5.37. The average Bonchev–Trinajstić information content (AvgIpc) is 1.69. The third-order valence-electron chi connectivity index (χ3n) is 0.473. The van der Waals surface area contributed by atoms with Crippen molar-refractivity contribution in [3.63, 3.8) is 0 Å². The highest BCUT2D eigenvalue weighted by atomic mass is 31.1. The van der Waals surface area contributed by atoms with Gasteiger partial charge in [0.25, 0.3) is 0 Å². The molecule has 0 aliphatic heterocycles. The van der Waals surface area contributed by atoms with Crippen molar-refractivity contribution < 1.29 is 13.8 Å². The fourth-order valence-electron chi connectivity index (χ4n) is 0.180. The van der Waals surface area contributed by atoms with Gasteiger partial charge in [-0.05, 0) is 0 Å². The van der Waals surface area contributed by atoms with Crippen LogP contribution < -0.4 is 0 Å². The summed E-state index contributed by atoms with van der Waals surface area (Å²) in [6.07, 6.45) is 0. The molecule has 7 heavy (non-hydrogen) atoms. The predicted octanol–water partition coefficient (Wildman–Crippen LogP) is 0.321. The van der Waals surface area contributed by atoms with Crippen molar-refractivity contribution >= 4 is 8.69 Å². The van der Waals surface area contributed by atoms with Crippen LogP contribution in [0.2, 0.25) is 0 Å². The van der Waals surface area contributed by atoms with E-state index in [0.29, 0.717) is 13.2 Å². The maximum absolute atomic E-state index is 9.61. The summed E-state index contributed by atoms with van der Waals surface area (Å²) in [5.74, 6) is 0. The third-order valence-corrected chi connectivity index (χ3v) is 0.845. The first-order valence-electron chi connectivity index (χ1n) is 1.96. The van der Waals surface area contributed by atoms with E-state index in [1.165, 1.54) is 0 Å². The Morgan fingerprint density at radius 3 is 2.71 bits per heavy atom. The summed E-state index contributed by atoms with van der Waals surface area (Å²) in [7, 11) is 0.524. The number of methoxy groups -OCH3 is 1. The van der Waals surface area contributed by atoms with Crippen molar-refractivity contribution in [2.45, 2.75) is 0 Å². The molecule has 0 saturated carbocycles. The van der Waals surface area contributed by atoms with E-state index in [9.17, 15) is 4.57 Å². The fourth-order valence-corrected chi connectivity index (χ4v) is 0.372. The van der Waals surface area contributed by atoms with E-state index < -0.39 is 8.69 Å². The standard InChI is InChI=1S/C3H9O3P/c1-5-2-3-6-7-4/h2-3,7H2,1H3. The molecule has 0 spiro atoms. The Morgan fingerprint density at radius 2 is 2.29 bits per heavy atom. The van der Waals surface area contributed by atoms with Gasteiger partial charge in [0.1, 0.15) is 0 Å². The van der Waals surface area contributed by atoms with E-state index in [1.54, 1.807) is 7.11 Å². The van der Waals surface area contributed by atoms with Gasteiger partial charge in [-0.25, -0.2) is 0 Å². The lowest BCUT2D eigenvalue weighted by Crippen LogP contribution is -1.93.